The zero-order valence-corrected chi connectivity index (χ0v) is 15.6. The Morgan fingerprint density at radius 2 is 1.72 bits per heavy atom. The van der Waals surface area contributed by atoms with E-state index < -0.39 is 17.5 Å². The number of ether oxygens (including phenoxy) is 2. The largest absolute Gasteiger partial charge is 0.463 e. The fourth-order valence-corrected chi connectivity index (χ4v) is 3.49. The molecule has 1 saturated carbocycles. The van der Waals surface area contributed by atoms with Gasteiger partial charge in [-0.05, 0) is 49.6 Å². The summed E-state index contributed by atoms with van der Waals surface area (Å²) in [7, 11) is 0. The van der Waals surface area contributed by atoms with Gasteiger partial charge >= 0.3 is 11.9 Å². The molecule has 1 aromatic carbocycles. The Bertz CT molecular complexity index is 662. The number of rotatable bonds is 5. The van der Waals surface area contributed by atoms with Crippen molar-refractivity contribution >= 4 is 29.3 Å². The molecule has 0 saturated heterocycles. The summed E-state index contributed by atoms with van der Waals surface area (Å²) in [6.07, 6.45) is 0.824. The number of esters is 2. The molecule has 5 nitrogen and oxygen atoms in total. The second kappa shape index (κ2) is 8.00. The third-order valence-corrected chi connectivity index (χ3v) is 4.77. The summed E-state index contributed by atoms with van der Waals surface area (Å²) in [5, 5.41) is 0.612. The zero-order chi connectivity index (χ0) is 18.6. The van der Waals surface area contributed by atoms with Crippen molar-refractivity contribution in [2.45, 2.75) is 58.5 Å². The number of aryl methyl sites for hydroxylation is 2. The van der Waals surface area contributed by atoms with E-state index in [4.69, 9.17) is 21.1 Å². The minimum atomic E-state index is -1.35. The van der Waals surface area contributed by atoms with E-state index in [0.29, 0.717) is 5.02 Å². The molecule has 1 aliphatic carbocycles. The van der Waals surface area contributed by atoms with E-state index in [1.54, 1.807) is 19.1 Å². The van der Waals surface area contributed by atoms with Gasteiger partial charge < -0.3 is 9.47 Å². The van der Waals surface area contributed by atoms with Crippen LogP contribution in [0.25, 0.3) is 0 Å². The highest BCUT2D eigenvalue weighted by Crippen LogP contribution is 2.32. The van der Waals surface area contributed by atoms with E-state index in [9.17, 15) is 14.4 Å². The summed E-state index contributed by atoms with van der Waals surface area (Å²) >= 11 is 6.02. The predicted octanol–water partition coefficient (Wildman–Crippen LogP) is 3.49. The summed E-state index contributed by atoms with van der Waals surface area (Å²) in [5.74, 6) is -1.00. The Morgan fingerprint density at radius 1 is 1.16 bits per heavy atom. The van der Waals surface area contributed by atoms with Crippen molar-refractivity contribution in [1.82, 2.24) is 0 Å². The van der Waals surface area contributed by atoms with Crippen LogP contribution in [0.1, 0.15) is 49.3 Å². The van der Waals surface area contributed by atoms with Crippen LogP contribution in [0.5, 0.6) is 0 Å². The molecule has 0 amide bonds. The molecule has 0 N–H and O–H groups in total. The van der Waals surface area contributed by atoms with E-state index in [2.05, 4.69) is 0 Å². The third-order valence-electron chi connectivity index (χ3n) is 4.55. The van der Waals surface area contributed by atoms with E-state index in [1.165, 1.54) is 0 Å². The number of carbonyl (C=O) groups is 3. The van der Waals surface area contributed by atoms with Gasteiger partial charge in [0.05, 0.1) is 13.0 Å². The van der Waals surface area contributed by atoms with Gasteiger partial charge in [-0.2, -0.15) is 0 Å². The van der Waals surface area contributed by atoms with Crippen LogP contribution in [0.15, 0.2) is 12.1 Å². The lowest BCUT2D eigenvalue weighted by Gasteiger charge is -2.33. The highest BCUT2D eigenvalue weighted by atomic mass is 35.5. The maximum Gasteiger partial charge on any atom is 0.350 e. The molecule has 136 valence electrons. The smallest absolute Gasteiger partial charge is 0.350 e. The van der Waals surface area contributed by atoms with Crippen molar-refractivity contribution in [2.75, 3.05) is 6.61 Å². The molecule has 0 atom stereocenters. The van der Waals surface area contributed by atoms with Gasteiger partial charge in [-0.25, -0.2) is 4.79 Å². The number of carbonyl (C=O) groups excluding carboxylic acids is 3. The van der Waals surface area contributed by atoms with E-state index in [1.807, 2.05) is 13.8 Å². The van der Waals surface area contributed by atoms with Crippen LogP contribution in [0.2, 0.25) is 5.02 Å². The number of ketones is 1. The highest BCUT2D eigenvalue weighted by molar-refractivity contribution is 6.30. The maximum absolute atomic E-state index is 12.5. The minimum absolute atomic E-state index is 0.0456. The van der Waals surface area contributed by atoms with E-state index >= 15 is 0 Å². The fraction of sp³-hybridized carbons (Fsp3) is 0.526. The normalized spacial score (nSPS) is 16.4. The molecule has 1 aromatic rings. The van der Waals surface area contributed by atoms with E-state index in [-0.39, 0.29) is 44.5 Å². The first kappa shape index (κ1) is 19.4. The molecule has 0 radical (unpaired) electrons. The number of benzene rings is 1. The van der Waals surface area contributed by atoms with Crippen molar-refractivity contribution in [1.29, 1.82) is 0 Å². The van der Waals surface area contributed by atoms with Crippen molar-refractivity contribution in [3.8, 4) is 0 Å². The van der Waals surface area contributed by atoms with Crippen LogP contribution < -0.4 is 0 Å². The first-order valence-corrected chi connectivity index (χ1v) is 8.81. The first-order chi connectivity index (χ1) is 11.8. The maximum atomic E-state index is 12.5. The summed E-state index contributed by atoms with van der Waals surface area (Å²) in [4.78, 5) is 36.4. The van der Waals surface area contributed by atoms with Gasteiger partial charge in [0.25, 0.3) is 0 Å². The second-order valence-electron chi connectivity index (χ2n) is 6.42. The molecule has 0 aromatic heterocycles. The Labute approximate surface area is 152 Å². The Balaban J connectivity index is 2.17. The lowest BCUT2D eigenvalue weighted by molar-refractivity contribution is -0.186. The highest BCUT2D eigenvalue weighted by Gasteiger charge is 2.46. The van der Waals surface area contributed by atoms with Crippen LogP contribution in [0.3, 0.4) is 0 Å². The van der Waals surface area contributed by atoms with Crippen LogP contribution in [-0.2, 0) is 30.3 Å². The molecule has 1 fully saturated rings. The van der Waals surface area contributed by atoms with Crippen molar-refractivity contribution in [3.63, 3.8) is 0 Å². The van der Waals surface area contributed by atoms with E-state index in [0.717, 1.165) is 16.7 Å². The summed E-state index contributed by atoms with van der Waals surface area (Å²) < 4.78 is 10.7. The molecule has 0 heterocycles. The quantitative estimate of drug-likeness (QED) is 0.746. The average molecular weight is 367 g/mol. The Kier molecular flexibility index (Phi) is 6.22. The molecule has 2 rings (SSSR count). The first-order valence-electron chi connectivity index (χ1n) is 8.44. The van der Waals surface area contributed by atoms with Crippen LogP contribution in [-0.4, -0.2) is 29.9 Å². The van der Waals surface area contributed by atoms with Crippen molar-refractivity contribution < 1.29 is 23.9 Å². The summed E-state index contributed by atoms with van der Waals surface area (Å²) in [6.45, 7) is 5.65. The molecule has 25 heavy (non-hydrogen) atoms. The van der Waals surface area contributed by atoms with Gasteiger partial charge in [0.1, 0.15) is 5.78 Å². The topological polar surface area (TPSA) is 69.7 Å². The predicted molar refractivity (Wildman–Crippen MR) is 93.6 cm³/mol. The summed E-state index contributed by atoms with van der Waals surface area (Å²) in [6, 6.07) is 3.58. The molecule has 0 aliphatic heterocycles. The summed E-state index contributed by atoms with van der Waals surface area (Å²) in [5.41, 5.74) is 1.27. The third kappa shape index (κ3) is 4.60. The SMILES string of the molecule is CCOC(=O)C1(OC(=O)Cc2c(C)cc(Cl)cc2C)CCC(=O)CC1. The van der Waals surface area contributed by atoms with Crippen LogP contribution in [0.4, 0.5) is 0 Å². The van der Waals surface area contributed by atoms with Gasteiger partial charge in [-0.15, -0.1) is 0 Å². The molecular formula is C19H23ClO5. The standard InChI is InChI=1S/C19H23ClO5/c1-4-24-18(23)19(7-5-15(21)6-8-19)25-17(22)11-16-12(2)9-14(20)10-13(16)3/h9-10H,4-8,11H2,1-3H3. The van der Waals surface area contributed by atoms with Gasteiger partial charge in [-0.1, -0.05) is 11.6 Å². The van der Waals surface area contributed by atoms with Gasteiger partial charge in [0.2, 0.25) is 5.60 Å². The Morgan fingerprint density at radius 3 is 2.24 bits per heavy atom. The monoisotopic (exact) mass is 366 g/mol. The molecule has 0 bridgehead atoms. The number of Topliss-reactive ketones (excluding diaryl/α,β-unsaturated/α-hetero) is 1. The zero-order valence-electron chi connectivity index (χ0n) is 14.8. The second-order valence-corrected chi connectivity index (χ2v) is 6.86. The lowest BCUT2D eigenvalue weighted by Crippen LogP contribution is -2.47. The van der Waals surface area contributed by atoms with Crippen LogP contribution in [0, 0.1) is 13.8 Å². The molecule has 0 spiro atoms. The number of halogens is 1. The van der Waals surface area contributed by atoms with Crippen molar-refractivity contribution in [2.24, 2.45) is 0 Å². The minimum Gasteiger partial charge on any atom is -0.463 e. The fourth-order valence-electron chi connectivity index (χ4n) is 3.16. The average Bonchev–Trinajstić information content (AvgIpc) is 2.53. The molecular weight excluding hydrogens is 344 g/mol. The molecule has 0 unspecified atom stereocenters. The lowest BCUT2D eigenvalue weighted by atomic mass is 9.83. The Hall–Kier alpha value is -1.88. The number of hydrogen-bond donors (Lipinski definition) is 0. The van der Waals surface area contributed by atoms with Gasteiger partial charge in [-0.3, -0.25) is 9.59 Å². The number of hydrogen-bond acceptors (Lipinski definition) is 5. The molecule has 6 heteroatoms. The van der Waals surface area contributed by atoms with Crippen LogP contribution >= 0.6 is 11.6 Å². The van der Waals surface area contributed by atoms with Crippen molar-refractivity contribution in [3.05, 3.63) is 33.8 Å². The van der Waals surface area contributed by atoms with Gasteiger partial charge in [0, 0.05) is 30.7 Å². The molecule has 1 aliphatic rings. The van der Waals surface area contributed by atoms with Gasteiger partial charge in [0.15, 0.2) is 0 Å².